The highest BCUT2D eigenvalue weighted by atomic mass is 35.5. The number of halogens is 1. The number of hydrogen-bond acceptors (Lipinski definition) is 7. The molecular formula is C32H42ClN5O5S. The van der Waals surface area contributed by atoms with Crippen LogP contribution in [0, 0.1) is 12.8 Å². The first-order valence-corrected chi connectivity index (χ1v) is 16.5. The van der Waals surface area contributed by atoms with Gasteiger partial charge in [-0.3, -0.25) is 14.6 Å². The molecule has 1 aromatic heterocycles. The van der Waals surface area contributed by atoms with Crippen molar-refractivity contribution in [1.82, 2.24) is 19.9 Å². The van der Waals surface area contributed by atoms with E-state index in [0.29, 0.717) is 47.8 Å². The maximum atomic E-state index is 13.5. The Morgan fingerprint density at radius 3 is 2.39 bits per heavy atom. The maximum Gasteiger partial charge on any atom is 0.253 e. The maximum absolute atomic E-state index is 13.5. The number of amides is 2. The Balaban J connectivity index is 1.64. The lowest BCUT2D eigenvalue weighted by Gasteiger charge is -2.31. The number of hydrogen-bond donors (Lipinski definition) is 4. The largest absolute Gasteiger partial charge is 0.399 e. The SMILES string of the molecule is Cc1ncccc1C(=O)N[C@@H](Cc1ccccc1Cl)C(=O)NCCCC[C@@H](CO)N(CC(C)C)S(=O)(=O)c1ccc(N)cc1. The number of anilines is 1. The van der Waals surface area contributed by atoms with Crippen molar-refractivity contribution in [2.75, 3.05) is 25.4 Å². The van der Waals surface area contributed by atoms with Crippen molar-refractivity contribution in [3.63, 3.8) is 0 Å². The number of benzene rings is 2. The summed E-state index contributed by atoms with van der Waals surface area (Å²) in [5.41, 5.74) is 7.84. The summed E-state index contributed by atoms with van der Waals surface area (Å²) < 4.78 is 28.3. The fourth-order valence-electron chi connectivity index (χ4n) is 4.80. The van der Waals surface area contributed by atoms with Crippen LogP contribution in [0.3, 0.4) is 0 Å². The number of aryl methyl sites for hydroxylation is 1. The first kappa shape index (κ1) is 35.0. The third-order valence-electron chi connectivity index (χ3n) is 7.17. The molecule has 2 aromatic carbocycles. The topological polar surface area (TPSA) is 155 Å². The molecule has 0 aliphatic rings. The molecule has 0 aliphatic carbocycles. The summed E-state index contributed by atoms with van der Waals surface area (Å²) in [5.74, 6) is -0.750. The molecular weight excluding hydrogens is 602 g/mol. The van der Waals surface area contributed by atoms with Gasteiger partial charge in [-0.2, -0.15) is 4.31 Å². The molecule has 0 unspecified atom stereocenters. The van der Waals surface area contributed by atoms with Crippen molar-refractivity contribution in [1.29, 1.82) is 0 Å². The number of aromatic nitrogens is 1. The third-order valence-corrected chi connectivity index (χ3v) is 9.47. The van der Waals surface area contributed by atoms with E-state index in [4.69, 9.17) is 17.3 Å². The van der Waals surface area contributed by atoms with Gasteiger partial charge in [-0.05, 0) is 73.7 Å². The zero-order valence-electron chi connectivity index (χ0n) is 25.4. The minimum absolute atomic E-state index is 0.0348. The molecule has 1 heterocycles. The van der Waals surface area contributed by atoms with Gasteiger partial charge >= 0.3 is 0 Å². The molecule has 0 spiro atoms. The van der Waals surface area contributed by atoms with Crippen LogP contribution in [-0.2, 0) is 21.2 Å². The van der Waals surface area contributed by atoms with Crippen LogP contribution in [0.5, 0.6) is 0 Å². The van der Waals surface area contributed by atoms with E-state index < -0.39 is 28.0 Å². The van der Waals surface area contributed by atoms with Crippen LogP contribution in [0.1, 0.15) is 54.7 Å². The molecule has 0 saturated heterocycles. The van der Waals surface area contributed by atoms with E-state index in [1.54, 1.807) is 43.5 Å². The van der Waals surface area contributed by atoms with Crippen molar-refractivity contribution >= 4 is 39.1 Å². The lowest BCUT2D eigenvalue weighted by atomic mass is 10.0. The van der Waals surface area contributed by atoms with E-state index in [9.17, 15) is 23.1 Å². The first-order chi connectivity index (χ1) is 20.9. The molecule has 12 heteroatoms. The number of nitrogens with two attached hydrogens (primary N) is 1. The predicted molar refractivity (Wildman–Crippen MR) is 173 cm³/mol. The normalized spacial score (nSPS) is 13.1. The average molecular weight is 644 g/mol. The molecule has 0 bridgehead atoms. The quantitative estimate of drug-likeness (QED) is 0.136. The van der Waals surface area contributed by atoms with Crippen molar-refractivity contribution in [2.45, 2.75) is 63.4 Å². The van der Waals surface area contributed by atoms with Crippen LogP contribution in [0.25, 0.3) is 0 Å². The van der Waals surface area contributed by atoms with Gasteiger partial charge < -0.3 is 21.5 Å². The number of nitrogens with one attached hydrogen (secondary N) is 2. The second-order valence-electron chi connectivity index (χ2n) is 11.1. The Labute approximate surface area is 265 Å². The summed E-state index contributed by atoms with van der Waals surface area (Å²) in [6, 6.07) is 14.9. The first-order valence-electron chi connectivity index (χ1n) is 14.7. The molecule has 3 rings (SSSR count). The number of aliphatic hydroxyl groups excluding tert-OH is 1. The Hall–Kier alpha value is -3.51. The standard InChI is InChI=1S/C32H42ClN5O5S/c1-22(2)20-38(44(42,43)27-15-13-25(34)14-16-27)26(21-39)10-6-7-17-36-32(41)30(19-24-9-4-5-12-29(24)33)37-31(40)28-11-8-18-35-23(28)3/h4-5,8-9,11-16,18,22,26,30,39H,6-7,10,17,19-21,34H2,1-3H3,(H,36,41)(H,37,40)/t26-,30-/m0/s1. The highest BCUT2D eigenvalue weighted by Gasteiger charge is 2.31. The lowest BCUT2D eigenvalue weighted by Crippen LogP contribution is -2.48. The number of nitrogens with zero attached hydrogens (tertiary/aromatic N) is 2. The van der Waals surface area contributed by atoms with Gasteiger partial charge in [0.25, 0.3) is 5.91 Å². The van der Waals surface area contributed by atoms with Gasteiger partial charge in [0.1, 0.15) is 6.04 Å². The van der Waals surface area contributed by atoms with Crippen LogP contribution in [-0.4, -0.2) is 66.4 Å². The van der Waals surface area contributed by atoms with Crippen LogP contribution in [0.2, 0.25) is 5.02 Å². The summed E-state index contributed by atoms with van der Waals surface area (Å²) in [5, 5.41) is 16.4. The van der Waals surface area contributed by atoms with Gasteiger partial charge in [0.2, 0.25) is 15.9 Å². The fraction of sp³-hybridized carbons (Fsp3) is 0.406. The number of nitrogen functional groups attached to an aromatic ring is 1. The summed E-state index contributed by atoms with van der Waals surface area (Å²) in [4.78, 5) is 30.6. The highest BCUT2D eigenvalue weighted by molar-refractivity contribution is 7.89. The fourth-order valence-corrected chi connectivity index (χ4v) is 6.82. The molecule has 0 saturated carbocycles. The van der Waals surface area contributed by atoms with E-state index in [0.717, 1.165) is 5.56 Å². The number of carbonyl (C=O) groups excluding carboxylic acids is 2. The molecule has 3 aromatic rings. The minimum atomic E-state index is -3.87. The molecule has 0 fully saturated rings. The number of rotatable bonds is 16. The Bertz CT molecular complexity index is 1500. The summed E-state index contributed by atoms with van der Waals surface area (Å²) >= 11 is 6.35. The van der Waals surface area contributed by atoms with Gasteiger partial charge in [-0.15, -0.1) is 0 Å². The number of aliphatic hydroxyl groups is 1. The monoisotopic (exact) mass is 643 g/mol. The Morgan fingerprint density at radius 2 is 1.75 bits per heavy atom. The molecule has 0 aliphatic heterocycles. The molecule has 5 N–H and O–H groups in total. The molecule has 2 atom stereocenters. The minimum Gasteiger partial charge on any atom is -0.399 e. The number of unbranched alkanes of at least 4 members (excludes halogenated alkanes) is 1. The van der Waals surface area contributed by atoms with Crippen LogP contribution in [0.15, 0.2) is 71.8 Å². The van der Waals surface area contributed by atoms with Crippen LogP contribution >= 0.6 is 11.6 Å². The number of carbonyl (C=O) groups is 2. The second kappa shape index (κ2) is 16.5. The molecule has 10 nitrogen and oxygen atoms in total. The lowest BCUT2D eigenvalue weighted by molar-refractivity contribution is -0.122. The van der Waals surface area contributed by atoms with Crippen molar-refractivity contribution in [3.05, 3.63) is 88.7 Å². The number of sulfonamides is 1. The molecule has 0 radical (unpaired) electrons. The number of pyridine rings is 1. The van der Waals surface area contributed by atoms with E-state index >= 15 is 0 Å². The zero-order valence-corrected chi connectivity index (χ0v) is 26.9. The third kappa shape index (κ3) is 9.75. The van der Waals surface area contributed by atoms with Gasteiger partial charge in [0.05, 0.1) is 17.1 Å². The van der Waals surface area contributed by atoms with Crippen molar-refractivity contribution < 1.29 is 23.1 Å². The Morgan fingerprint density at radius 1 is 1.05 bits per heavy atom. The van der Waals surface area contributed by atoms with Crippen molar-refractivity contribution in [2.24, 2.45) is 5.92 Å². The molecule has 2 amide bonds. The van der Waals surface area contributed by atoms with E-state index in [2.05, 4.69) is 15.6 Å². The van der Waals surface area contributed by atoms with E-state index in [-0.39, 0.29) is 36.3 Å². The second-order valence-corrected chi connectivity index (χ2v) is 13.4. The predicted octanol–water partition coefficient (Wildman–Crippen LogP) is 3.96. The van der Waals surface area contributed by atoms with Gasteiger partial charge in [0.15, 0.2) is 0 Å². The Kier molecular flexibility index (Phi) is 13.1. The van der Waals surface area contributed by atoms with Crippen LogP contribution in [0.4, 0.5) is 5.69 Å². The average Bonchev–Trinajstić information content (AvgIpc) is 2.99. The molecule has 238 valence electrons. The van der Waals surface area contributed by atoms with Crippen molar-refractivity contribution in [3.8, 4) is 0 Å². The highest BCUT2D eigenvalue weighted by Crippen LogP contribution is 2.23. The smallest absolute Gasteiger partial charge is 0.253 e. The summed E-state index contributed by atoms with van der Waals surface area (Å²) in [6.45, 7) is 5.76. The van der Waals surface area contributed by atoms with Gasteiger partial charge in [-0.25, -0.2) is 8.42 Å². The summed E-state index contributed by atoms with van der Waals surface area (Å²) in [7, 11) is -3.87. The van der Waals surface area contributed by atoms with E-state index in [1.807, 2.05) is 19.9 Å². The zero-order chi connectivity index (χ0) is 32.3. The van der Waals surface area contributed by atoms with Crippen LogP contribution < -0.4 is 16.4 Å². The van der Waals surface area contributed by atoms with E-state index in [1.165, 1.54) is 28.6 Å². The summed E-state index contributed by atoms with van der Waals surface area (Å²) in [6.07, 6.45) is 3.27. The molecule has 44 heavy (non-hydrogen) atoms. The van der Waals surface area contributed by atoms with Gasteiger partial charge in [-0.1, -0.05) is 50.1 Å². The van der Waals surface area contributed by atoms with Gasteiger partial charge in [0, 0.05) is 48.2 Å².